The summed E-state index contributed by atoms with van der Waals surface area (Å²) in [5.41, 5.74) is 1.86. The highest BCUT2D eigenvalue weighted by Crippen LogP contribution is 2.29. The largest absolute Gasteiger partial charge is 0.393 e. The molecule has 1 aromatic heterocycles. The third kappa shape index (κ3) is 1.67. The standard InChI is InChI=1S/C9H13NOS/c11-9-3-1-2-7(9)4-8-5-10-6-12-8/h5-7,9,11H,1-4H2. The molecule has 2 nitrogen and oxygen atoms in total. The predicted molar refractivity (Wildman–Crippen MR) is 49.2 cm³/mol. The molecule has 1 aliphatic rings. The number of aliphatic hydroxyl groups excluding tert-OH is 1. The summed E-state index contributed by atoms with van der Waals surface area (Å²) in [6, 6.07) is 0. The highest BCUT2D eigenvalue weighted by atomic mass is 32.1. The lowest BCUT2D eigenvalue weighted by Crippen LogP contribution is -2.14. The smallest absolute Gasteiger partial charge is 0.0794 e. The van der Waals surface area contributed by atoms with Crippen LogP contribution < -0.4 is 0 Å². The minimum absolute atomic E-state index is 0.0629. The molecular weight excluding hydrogens is 170 g/mol. The number of hydrogen-bond acceptors (Lipinski definition) is 3. The van der Waals surface area contributed by atoms with Crippen molar-refractivity contribution >= 4 is 11.3 Å². The van der Waals surface area contributed by atoms with E-state index in [0.717, 1.165) is 12.8 Å². The zero-order valence-electron chi connectivity index (χ0n) is 6.94. The molecule has 0 aliphatic heterocycles. The lowest BCUT2D eigenvalue weighted by Gasteiger charge is -2.11. The highest BCUT2D eigenvalue weighted by molar-refractivity contribution is 7.09. The first-order valence-corrected chi connectivity index (χ1v) is 5.29. The maximum atomic E-state index is 9.57. The van der Waals surface area contributed by atoms with Gasteiger partial charge in [0.2, 0.25) is 0 Å². The highest BCUT2D eigenvalue weighted by Gasteiger charge is 2.25. The van der Waals surface area contributed by atoms with Gasteiger partial charge in [0.15, 0.2) is 0 Å². The van der Waals surface area contributed by atoms with Gasteiger partial charge in [-0.2, -0.15) is 0 Å². The molecule has 66 valence electrons. The van der Waals surface area contributed by atoms with Gasteiger partial charge in [-0.15, -0.1) is 11.3 Å². The number of hydrogen-bond donors (Lipinski definition) is 1. The molecule has 2 unspecified atom stereocenters. The van der Waals surface area contributed by atoms with Crippen LogP contribution in [0.5, 0.6) is 0 Å². The van der Waals surface area contributed by atoms with Crippen LogP contribution >= 0.6 is 11.3 Å². The number of aliphatic hydroxyl groups is 1. The van der Waals surface area contributed by atoms with Crippen molar-refractivity contribution in [2.75, 3.05) is 0 Å². The van der Waals surface area contributed by atoms with Gasteiger partial charge in [-0.3, -0.25) is 4.98 Å². The normalized spacial score (nSPS) is 29.4. The van der Waals surface area contributed by atoms with Crippen LogP contribution in [0.25, 0.3) is 0 Å². The zero-order chi connectivity index (χ0) is 8.39. The molecule has 1 fully saturated rings. The fraction of sp³-hybridized carbons (Fsp3) is 0.667. The average Bonchev–Trinajstić information content (AvgIpc) is 2.65. The van der Waals surface area contributed by atoms with Gasteiger partial charge in [-0.05, 0) is 25.2 Å². The van der Waals surface area contributed by atoms with Crippen LogP contribution in [0.2, 0.25) is 0 Å². The third-order valence-corrected chi connectivity index (χ3v) is 3.37. The zero-order valence-corrected chi connectivity index (χ0v) is 7.76. The molecule has 1 aliphatic carbocycles. The Kier molecular flexibility index (Phi) is 2.42. The van der Waals surface area contributed by atoms with E-state index < -0.39 is 0 Å². The minimum Gasteiger partial charge on any atom is -0.393 e. The average molecular weight is 183 g/mol. The molecule has 0 saturated heterocycles. The van der Waals surface area contributed by atoms with Crippen molar-refractivity contribution < 1.29 is 5.11 Å². The number of aromatic nitrogens is 1. The SMILES string of the molecule is OC1CCCC1Cc1cncs1. The van der Waals surface area contributed by atoms with Crippen molar-refractivity contribution in [2.24, 2.45) is 5.92 Å². The van der Waals surface area contributed by atoms with Gasteiger partial charge in [0.1, 0.15) is 0 Å². The first-order chi connectivity index (χ1) is 5.86. The molecule has 2 rings (SSSR count). The van der Waals surface area contributed by atoms with Crippen molar-refractivity contribution in [1.29, 1.82) is 0 Å². The molecule has 1 N–H and O–H groups in total. The molecule has 0 spiro atoms. The fourth-order valence-electron chi connectivity index (χ4n) is 1.86. The fourth-order valence-corrected chi connectivity index (χ4v) is 2.55. The van der Waals surface area contributed by atoms with Crippen molar-refractivity contribution in [2.45, 2.75) is 31.8 Å². The predicted octanol–water partition coefficient (Wildman–Crippen LogP) is 1.85. The van der Waals surface area contributed by atoms with E-state index in [9.17, 15) is 5.11 Å². The summed E-state index contributed by atoms with van der Waals surface area (Å²) >= 11 is 1.69. The first-order valence-electron chi connectivity index (χ1n) is 4.41. The molecule has 0 aromatic carbocycles. The van der Waals surface area contributed by atoms with E-state index in [4.69, 9.17) is 0 Å². The Morgan fingerprint density at radius 1 is 1.58 bits per heavy atom. The molecule has 2 atom stereocenters. The maximum Gasteiger partial charge on any atom is 0.0794 e. The molecule has 1 saturated carbocycles. The summed E-state index contributed by atoms with van der Waals surface area (Å²) in [6.07, 6.45) is 6.22. The van der Waals surface area contributed by atoms with Crippen LogP contribution in [-0.2, 0) is 6.42 Å². The Hall–Kier alpha value is -0.410. The van der Waals surface area contributed by atoms with E-state index >= 15 is 0 Å². The summed E-state index contributed by atoms with van der Waals surface area (Å²) in [5, 5.41) is 9.57. The quantitative estimate of drug-likeness (QED) is 0.759. The molecule has 3 heteroatoms. The molecule has 0 radical (unpaired) electrons. The van der Waals surface area contributed by atoms with Crippen LogP contribution in [0.3, 0.4) is 0 Å². The first kappa shape index (κ1) is 8.20. The summed E-state index contributed by atoms with van der Waals surface area (Å²) in [7, 11) is 0. The Morgan fingerprint density at radius 2 is 2.50 bits per heavy atom. The Labute approximate surface area is 76.3 Å². The second-order valence-corrected chi connectivity index (χ2v) is 4.40. The second-order valence-electron chi connectivity index (χ2n) is 3.43. The van der Waals surface area contributed by atoms with Gasteiger partial charge in [0, 0.05) is 11.1 Å². The van der Waals surface area contributed by atoms with E-state index in [1.54, 1.807) is 11.3 Å². The van der Waals surface area contributed by atoms with E-state index in [0.29, 0.717) is 5.92 Å². The molecule has 0 amide bonds. The molecule has 12 heavy (non-hydrogen) atoms. The maximum absolute atomic E-state index is 9.57. The van der Waals surface area contributed by atoms with E-state index in [1.165, 1.54) is 17.7 Å². The van der Waals surface area contributed by atoms with Crippen molar-refractivity contribution in [3.05, 3.63) is 16.6 Å². The van der Waals surface area contributed by atoms with Crippen molar-refractivity contribution in [3.63, 3.8) is 0 Å². The number of thiazole rings is 1. The molecule has 1 heterocycles. The van der Waals surface area contributed by atoms with E-state index in [1.807, 2.05) is 11.7 Å². The van der Waals surface area contributed by atoms with Gasteiger partial charge >= 0.3 is 0 Å². The van der Waals surface area contributed by atoms with E-state index in [2.05, 4.69) is 4.98 Å². The van der Waals surface area contributed by atoms with Gasteiger partial charge in [-0.1, -0.05) is 6.42 Å². The van der Waals surface area contributed by atoms with Crippen LogP contribution in [0, 0.1) is 5.92 Å². The minimum atomic E-state index is -0.0629. The lowest BCUT2D eigenvalue weighted by atomic mass is 10.0. The molecular formula is C9H13NOS. The molecule has 0 bridgehead atoms. The Balaban J connectivity index is 1.95. The van der Waals surface area contributed by atoms with Crippen molar-refractivity contribution in [3.8, 4) is 0 Å². The summed E-state index contributed by atoms with van der Waals surface area (Å²) in [5.74, 6) is 0.491. The van der Waals surface area contributed by atoms with Crippen LogP contribution in [0.4, 0.5) is 0 Å². The summed E-state index contributed by atoms with van der Waals surface area (Å²) < 4.78 is 0. The van der Waals surface area contributed by atoms with Gasteiger partial charge in [-0.25, -0.2) is 0 Å². The monoisotopic (exact) mass is 183 g/mol. The number of nitrogens with zero attached hydrogens (tertiary/aromatic N) is 1. The van der Waals surface area contributed by atoms with Crippen LogP contribution in [0.15, 0.2) is 11.7 Å². The topological polar surface area (TPSA) is 33.1 Å². The van der Waals surface area contributed by atoms with Crippen LogP contribution in [0.1, 0.15) is 24.1 Å². The number of rotatable bonds is 2. The second kappa shape index (κ2) is 3.54. The third-order valence-electron chi connectivity index (χ3n) is 2.57. The lowest BCUT2D eigenvalue weighted by molar-refractivity contribution is 0.133. The van der Waals surface area contributed by atoms with Crippen molar-refractivity contribution in [1.82, 2.24) is 4.98 Å². The van der Waals surface area contributed by atoms with Gasteiger partial charge < -0.3 is 5.11 Å². The summed E-state index contributed by atoms with van der Waals surface area (Å²) in [6.45, 7) is 0. The Morgan fingerprint density at radius 3 is 3.08 bits per heavy atom. The van der Waals surface area contributed by atoms with Gasteiger partial charge in [0.25, 0.3) is 0 Å². The van der Waals surface area contributed by atoms with Gasteiger partial charge in [0.05, 0.1) is 11.6 Å². The van der Waals surface area contributed by atoms with Crippen LogP contribution in [-0.4, -0.2) is 16.2 Å². The summed E-state index contributed by atoms with van der Waals surface area (Å²) in [4.78, 5) is 5.33. The molecule has 1 aromatic rings. The Bertz CT molecular complexity index is 235. The van der Waals surface area contributed by atoms with E-state index in [-0.39, 0.29) is 6.10 Å².